The maximum Gasteiger partial charge on any atom is 0.290 e. The number of aromatic nitrogens is 3. The summed E-state index contributed by atoms with van der Waals surface area (Å²) < 4.78 is 35.2. The predicted molar refractivity (Wildman–Crippen MR) is 129 cm³/mol. The fraction of sp³-hybridized carbons (Fsp3) is 0.304. The van der Waals surface area contributed by atoms with E-state index in [1.807, 2.05) is 25.1 Å². The van der Waals surface area contributed by atoms with Gasteiger partial charge in [-0.2, -0.15) is 4.39 Å². The number of halogens is 1. The third-order valence-electron chi connectivity index (χ3n) is 4.46. The highest BCUT2D eigenvalue weighted by Gasteiger charge is 2.17. The van der Waals surface area contributed by atoms with Crippen LogP contribution in [0.3, 0.4) is 0 Å². The number of nitrogens with one attached hydrogen (secondary N) is 1. The maximum atomic E-state index is 13.6. The number of hydrogen-bond donors (Lipinski definition) is 1. The summed E-state index contributed by atoms with van der Waals surface area (Å²) in [7, 11) is 3.20. The molecular weight excluding hydrogens is 459 g/mol. The normalized spacial score (nSPS) is 13.3. The van der Waals surface area contributed by atoms with E-state index in [-0.39, 0.29) is 5.90 Å². The van der Waals surface area contributed by atoms with Gasteiger partial charge in [-0.15, -0.1) is 9.82 Å². The minimum Gasteiger partial charge on any atom is -0.593 e. The Morgan fingerprint density at radius 1 is 1.26 bits per heavy atom. The van der Waals surface area contributed by atoms with Gasteiger partial charge in [0.2, 0.25) is 11.7 Å². The minimum atomic E-state index is -1.76. The first-order valence-electron chi connectivity index (χ1n) is 10.4. The molecule has 34 heavy (non-hydrogen) atoms. The number of ether oxygens (including phenoxy) is 1. The van der Waals surface area contributed by atoms with Crippen LogP contribution in [0.25, 0.3) is 0 Å². The van der Waals surface area contributed by atoms with E-state index in [1.165, 1.54) is 20.1 Å². The van der Waals surface area contributed by atoms with Crippen LogP contribution in [0.1, 0.15) is 36.6 Å². The average Bonchev–Trinajstić information content (AvgIpc) is 3.16. The number of aliphatic imine (C=N–C) groups is 1. The Morgan fingerprint density at radius 2 is 2.00 bits per heavy atom. The number of alkyl halides is 1. The van der Waals surface area contributed by atoms with Crippen molar-refractivity contribution in [2.75, 3.05) is 14.1 Å². The molecule has 9 nitrogen and oxygen atoms in total. The lowest BCUT2D eigenvalue weighted by molar-refractivity contribution is -0.0257. The van der Waals surface area contributed by atoms with Crippen molar-refractivity contribution >= 4 is 23.5 Å². The average molecular weight is 487 g/mol. The predicted octanol–water partition coefficient (Wildman–Crippen LogP) is 3.39. The van der Waals surface area contributed by atoms with E-state index in [4.69, 9.17) is 9.57 Å². The minimum absolute atomic E-state index is 0.155. The van der Waals surface area contributed by atoms with Gasteiger partial charge in [-0.05, 0) is 48.4 Å². The van der Waals surface area contributed by atoms with Crippen molar-refractivity contribution in [1.82, 2.24) is 19.5 Å². The Labute approximate surface area is 201 Å². The molecule has 3 rings (SSSR count). The molecule has 3 aromatic rings. The molecule has 1 atom stereocenters. The second kappa shape index (κ2) is 11.2. The number of rotatable bonds is 9. The fourth-order valence-electron chi connectivity index (χ4n) is 2.93. The van der Waals surface area contributed by atoms with Crippen LogP contribution >= 0.6 is 0 Å². The smallest absolute Gasteiger partial charge is 0.290 e. The number of benzene rings is 2. The molecule has 0 radical (unpaired) electrons. The molecule has 1 unspecified atom stereocenters. The molecule has 0 spiro atoms. The summed E-state index contributed by atoms with van der Waals surface area (Å²) in [6.45, 7) is 4.94. The van der Waals surface area contributed by atoms with Crippen molar-refractivity contribution in [2.45, 2.75) is 38.1 Å². The maximum absolute atomic E-state index is 13.6. The van der Waals surface area contributed by atoms with Crippen molar-refractivity contribution in [3.8, 4) is 5.75 Å². The van der Waals surface area contributed by atoms with Crippen molar-refractivity contribution in [3.05, 3.63) is 71.3 Å². The first kappa shape index (κ1) is 25.3. The van der Waals surface area contributed by atoms with Crippen LogP contribution in [0.4, 0.5) is 4.39 Å². The van der Waals surface area contributed by atoms with Crippen molar-refractivity contribution in [3.63, 3.8) is 0 Å². The van der Waals surface area contributed by atoms with Crippen LogP contribution in [-0.2, 0) is 22.7 Å². The molecule has 0 amide bonds. The molecule has 11 heteroatoms. The van der Waals surface area contributed by atoms with Crippen molar-refractivity contribution in [1.29, 1.82) is 0 Å². The van der Waals surface area contributed by atoms with Gasteiger partial charge in [0, 0.05) is 34.0 Å². The first-order valence-corrected chi connectivity index (χ1v) is 11.6. The molecule has 1 heterocycles. The lowest BCUT2D eigenvalue weighted by Gasteiger charge is -2.16. The van der Waals surface area contributed by atoms with Gasteiger partial charge in [0.1, 0.15) is 11.6 Å². The molecule has 1 N–H and O–H groups in total. The molecule has 0 aliphatic carbocycles. The standard InChI is InChI=1S/C23H27FN6O3S/c1-16-28-21(29-30(16)15-18-7-6-8-20(13-18)34(31)26-5)22(25-4)33-27-14-17-9-11-19(12-10-17)32-23(2,3)24/h6-14,26H,15H2,1-5H3/b25-22-,27-14+. The summed E-state index contributed by atoms with van der Waals surface area (Å²) in [4.78, 5) is 14.6. The van der Waals surface area contributed by atoms with Crippen molar-refractivity contribution in [2.24, 2.45) is 10.1 Å². The van der Waals surface area contributed by atoms with E-state index in [9.17, 15) is 8.94 Å². The molecule has 1 aromatic heterocycles. The fourth-order valence-corrected chi connectivity index (χ4v) is 3.63. The highest BCUT2D eigenvalue weighted by atomic mass is 32.2. The van der Waals surface area contributed by atoms with Crippen LogP contribution in [0, 0.1) is 6.92 Å². The summed E-state index contributed by atoms with van der Waals surface area (Å²) in [6, 6.07) is 14.2. The number of aryl methyl sites for hydroxylation is 1. The molecular formula is C23H27FN6O3S. The summed E-state index contributed by atoms with van der Waals surface area (Å²) in [5.41, 5.74) is 1.66. The van der Waals surface area contributed by atoms with Gasteiger partial charge in [0.15, 0.2) is 4.90 Å². The monoisotopic (exact) mass is 486 g/mol. The van der Waals surface area contributed by atoms with E-state index in [0.717, 1.165) is 11.1 Å². The number of oxime groups is 1. The second-order valence-corrected chi connectivity index (χ2v) is 9.07. The Balaban J connectivity index is 1.66. The van der Waals surface area contributed by atoms with Gasteiger partial charge in [0.05, 0.1) is 24.1 Å². The Bertz CT molecular complexity index is 1160. The van der Waals surface area contributed by atoms with Gasteiger partial charge < -0.3 is 14.1 Å². The molecule has 2 aromatic carbocycles. The lowest BCUT2D eigenvalue weighted by atomic mass is 10.2. The zero-order valence-electron chi connectivity index (χ0n) is 19.7. The van der Waals surface area contributed by atoms with Gasteiger partial charge in [0.25, 0.3) is 5.90 Å². The van der Waals surface area contributed by atoms with Crippen LogP contribution in [0.15, 0.2) is 63.6 Å². The highest BCUT2D eigenvalue weighted by molar-refractivity contribution is 7.89. The summed E-state index contributed by atoms with van der Waals surface area (Å²) in [5.74, 6) is -0.235. The molecule has 0 saturated heterocycles. The first-order chi connectivity index (χ1) is 16.2. The summed E-state index contributed by atoms with van der Waals surface area (Å²) in [5, 5.41) is 8.43. The quantitative estimate of drug-likeness (QED) is 0.215. The summed E-state index contributed by atoms with van der Waals surface area (Å²) >= 11 is -1.27. The van der Waals surface area contributed by atoms with E-state index in [1.54, 1.807) is 49.1 Å². The highest BCUT2D eigenvalue weighted by Crippen LogP contribution is 2.19. The third-order valence-corrected chi connectivity index (χ3v) is 5.52. The van der Waals surface area contributed by atoms with Gasteiger partial charge in [-0.25, -0.2) is 14.7 Å². The van der Waals surface area contributed by atoms with E-state index < -0.39 is 17.2 Å². The van der Waals surface area contributed by atoms with Gasteiger partial charge in [-0.3, -0.25) is 0 Å². The Morgan fingerprint density at radius 3 is 2.65 bits per heavy atom. The SMILES string of the molecule is C/N=C(\O/N=C/c1ccc(OC(C)(C)F)cc1)c1nc(C)n(Cc2cccc([S+]([O-])NC)c2)n1. The van der Waals surface area contributed by atoms with Gasteiger partial charge >= 0.3 is 0 Å². The van der Waals surface area contributed by atoms with E-state index in [2.05, 4.69) is 25.0 Å². The van der Waals surface area contributed by atoms with Gasteiger partial charge in [-0.1, -0.05) is 17.3 Å². The number of hydrogen-bond acceptors (Lipinski definition) is 8. The zero-order chi connectivity index (χ0) is 24.7. The number of nitrogens with zero attached hydrogens (tertiary/aromatic N) is 5. The van der Waals surface area contributed by atoms with Crippen LogP contribution in [-0.4, -0.2) is 51.4 Å². The lowest BCUT2D eigenvalue weighted by Crippen LogP contribution is -2.20. The largest absolute Gasteiger partial charge is 0.593 e. The zero-order valence-corrected chi connectivity index (χ0v) is 20.5. The Kier molecular flexibility index (Phi) is 8.37. The summed E-state index contributed by atoms with van der Waals surface area (Å²) in [6.07, 6.45) is 1.49. The van der Waals surface area contributed by atoms with E-state index >= 15 is 0 Å². The topological polar surface area (TPSA) is 109 Å². The molecule has 0 saturated carbocycles. The third kappa shape index (κ3) is 7.11. The molecule has 0 bridgehead atoms. The molecule has 0 aliphatic rings. The molecule has 0 aliphatic heterocycles. The Hall–Kier alpha value is -3.28. The van der Waals surface area contributed by atoms with E-state index in [0.29, 0.717) is 28.8 Å². The second-order valence-electron chi connectivity index (χ2n) is 7.65. The molecule has 0 fully saturated rings. The van der Waals surface area contributed by atoms with Crippen molar-refractivity contribution < 1.29 is 18.5 Å². The van der Waals surface area contributed by atoms with Crippen LogP contribution < -0.4 is 9.46 Å². The van der Waals surface area contributed by atoms with Crippen LogP contribution in [0.5, 0.6) is 5.75 Å². The van der Waals surface area contributed by atoms with Crippen LogP contribution in [0.2, 0.25) is 0 Å². The molecule has 180 valence electrons.